The van der Waals surface area contributed by atoms with Gasteiger partial charge in [-0.2, -0.15) is 0 Å². The van der Waals surface area contributed by atoms with E-state index in [4.69, 9.17) is 0 Å². The first-order chi connectivity index (χ1) is 8.08. The molecule has 1 fully saturated rings. The summed E-state index contributed by atoms with van der Waals surface area (Å²) >= 11 is 1.71. The minimum Gasteiger partial charge on any atom is -0.355 e. The molecule has 0 spiro atoms. The topological polar surface area (TPSA) is 54.0 Å². The summed E-state index contributed by atoms with van der Waals surface area (Å²) in [6.45, 7) is 6.95. The summed E-state index contributed by atoms with van der Waals surface area (Å²) in [6.07, 6.45) is 1.98. The second-order valence-electron chi connectivity index (χ2n) is 4.56. The number of hydrogen-bond donors (Lipinski definition) is 2. The standard InChI is InChI=1S/C12H19N3OS/c1-7-11(17-9(3)14-7)8(2)15-10-5-4-6-13-12(10)16/h8,10,15H,4-6H2,1-3H3,(H,13,16). The number of aromatic nitrogens is 1. The van der Waals surface area contributed by atoms with Crippen LogP contribution in [-0.2, 0) is 4.79 Å². The zero-order valence-corrected chi connectivity index (χ0v) is 11.4. The third-order valence-corrected chi connectivity index (χ3v) is 4.32. The van der Waals surface area contributed by atoms with Gasteiger partial charge in [-0.3, -0.25) is 10.1 Å². The number of carbonyl (C=O) groups is 1. The lowest BCUT2D eigenvalue weighted by Gasteiger charge is -2.25. The van der Waals surface area contributed by atoms with Crippen molar-refractivity contribution in [1.29, 1.82) is 0 Å². The average molecular weight is 253 g/mol. The van der Waals surface area contributed by atoms with Gasteiger partial charge in [-0.1, -0.05) is 0 Å². The Morgan fingerprint density at radius 1 is 1.53 bits per heavy atom. The van der Waals surface area contributed by atoms with Crippen LogP contribution in [0.5, 0.6) is 0 Å². The Bertz CT molecular complexity index is 416. The largest absolute Gasteiger partial charge is 0.355 e. The fourth-order valence-corrected chi connectivity index (χ4v) is 3.20. The molecule has 0 radical (unpaired) electrons. The number of piperidine rings is 1. The molecule has 1 aliphatic heterocycles. The third kappa shape index (κ3) is 2.84. The Kier molecular flexibility index (Phi) is 3.79. The first kappa shape index (κ1) is 12.5. The van der Waals surface area contributed by atoms with Gasteiger partial charge in [0.15, 0.2) is 0 Å². The normalized spacial score (nSPS) is 22.3. The molecule has 1 amide bonds. The van der Waals surface area contributed by atoms with Gasteiger partial charge < -0.3 is 5.32 Å². The van der Waals surface area contributed by atoms with E-state index in [1.54, 1.807) is 11.3 Å². The van der Waals surface area contributed by atoms with Crippen molar-refractivity contribution in [3.63, 3.8) is 0 Å². The summed E-state index contributed by atoms with van der Waals surface area (Å²) in [4.78, 5) is 17.3. The fourth-order valence-electron chi connectivity index (χ4n) is 2.26. The molecule has 1 aromatic rings. The fraction of sp³-hybridized carbons (Fsp3) is 0.667. The van der Waals surface area contributed by atoms with Gasteiger partial charge in [0.05, 0.1) is 16.7 Å². The minimum absolute atomic E-state index is 0.0550. The number of nitrogens with one attached hydrogen (secondary N) is 2. The Hall–Kier alpha value is -0.940. The second-order valence-corrected chi connectivity index (χ2v) is 5.79. The summed E-state index contributed by atoms with van der Waals surface area (Å²) < 4.78 is 0. The first-order valence-corrected chi connectivity index (χ1v) is 6.87. The van der Waals surface area contributed by atoms with Crippen LogP contribution in [-0.4, -0.2) is 23.5 Å². The van der Waals surface area contributed by atoms with E-state index in [2.05, 4.69) is 22.5 Å². The molecule has 2 rings (SSSR count). The van der Waals surface area contributed by atoms with Gasteiger partial charge in [0.1, 0.15) is 0 Å². The van der Waals surface area contributed by atoms with E-state index in [0.717, 1.165) is 30.1 Å². The zero-order chi connectivity index (χ0) is 12.4. The highest BCUT2D eigenvalue weighted by Gasteiger charge is 2.24. The lowest BCUT2D eigenvalue weighted by atomic mass is 10.1. The minimum atomic E-state index is -0.0550. The van der Waals surface area contributed by atoms with Crippen molar-refractivity contribution in [1.82, 2.24) is 15.6 Å². The van der Waals surface area contributed by atoms with Crippen LogP contribution in [0.2, 0.25) is 0 Å². The Labute approximate surface area is 106 Å². The first-order valence-electron chi connectivity index (χ1n) is 6.05. The predicted molar refractivity (Wildman–Crippen MR) is 69.2 cm³/mol. The van der Waals surface area contributed by atoms with Crippen LogP contribution in [0.1, 0.15) is 41.4 Å². The molecule has 1 aliphatic rings. The number of aryl methyl sites for hydroxylation is 2. The van der Waals surface area contributed by atoms with Crippen molar-refractivity contribution in [2.45, 2.75) is 45.7 Å². The highest BCUT2D eigenvalue weighted by atomic mass is 32.1. The van der Waals surface area contributed by atoms with Crippen molar-refractivity contribution in [2.24, 2.45) is 0 Å². The average Bonchev–Trinajstić information content (AvgIpc) is 2.61. The lowest BCUT2D eigenvalue weighted by molar-refractivity contribution is -0.124. The summed E-state index contributed by atoms with van der Waals surface area (Å²) in [6, 6.07) is 0.135. The van der Waals surface area contributed by atoms with Crippen molar-refractivity contribution in [3.8, 4) is 0 Å². The molecular weight excluding hydrogens is 234 g/mol. The van der Waals surface area contributed by atoms with E-state index in [0.29, 0.717) is 0 Å². The van der Waals surface area contributed by atoms with Crippen LogP contribution >= 0.6 is 11.3 Å². The summed E-state index contributed by atoms with van der Waals surface area (Å²) in [5.74, 6) is 0.127. The van der Waals surface area contributed by atoms with Crippen molar-refractivity contribution in [3.05, 3.63) is 15.6 Å². The van der Waals surface area contributed by atoms with Crippen LogP contribution in [0.3, 0.4) is 0 Å². The molecule has 0 aromatic carbocycles. The molecule has 17 heavy (non-hydrogen) atoms. The number of carbonyl (C=O) groups excluding carboxylic acids is 1. The van der Waals surface area contributed by atoms with E-state index in [-0.39, 0.29) is 18.0 Å². The molecule has 1 aromatic heterocycles. The van der Waals surface area contributed by atoms with Gasteiger partial charge >= 0.3 is 0 Å². The van der Waals surface area contributed by atoms with Crippen LogP contribution < -0.4 is 10.6 Å². The van der Waals surface area contributed by atoms with E-state index < -0.39 is 0 Å². The maximum atomic E-state index is 11.7. The molecule has 1 saturated heterocycles. The quantitative estimate of drug-likeness (QED) is 0.862. The number of hydrogen-bond acceptors (Lipinski definition) is 4. The van der Waals surface area contributed by atoms with Crippen molar-refractivity contribution in [2.75, 3.05) is 6.54 Å². The van der Waals surface area contributed by atoms with Gasteiger partial charge in [-0.15, -0.1) is 11.3 Å². The lowest BCUT2D eigenvalue weighted by Crippen LogP contribution is -2.48. The molecule has 94 valence electrons. The van der Waals surface area contributed by atoms with Gasteiger partial charge in [0.2, 0.25) is 5.91 Å². The van der Waals surface area contributed by atoms with Gasteiger partial charge in [0.25, 0.3) is 0 Å². The highest BCUT2D eigenvalue weighted by molar-refractivity contribution is 7.11. The molecular formula is C12H19N3OS. The maximum absolute atomic E-state index is 11.7. The van der Waals surface area contributed by atoms with Gasteiger partial charge in [0, 0.05) is 17.5 Å². The summed E-state index contributed by atoms with van der Waals surface area (Å²) in [5.41, 5.74) is 1.07. The second kappa shape index (κ2) is 5.14. The molecule has 2 heterocycles. The van der Waals surface area contributed by atoms with Crippen LogP contribution in [0, 0.1) is 13.8 Å². The number of rotatable bonds is 3. The number of nitrogens with zero attached hydrogens (tertiary/aromatic N) is 1. The molecule has 4 nitrogen and oxygen atoms in total. The molecule has 2 atom stereocenters. The molecule has 0 aliphatic carbocycles. The molecule has 0 saturated carbocycles. The van der Waals surface area contributed by atoms with E-state index in [9.17, 15) is 4.79 Å². The Morgan fingerprint density at radius 3 is 2.88 bits per heavy atom. The predicted octanol–water partition coefficient (Wildman–Crippen LogP) is 1.69. The summed E-state index contributed by atoms with van der Waals surface area (Å²) in [7, 11) is 0. The van der Waals surface area contributed by atoms with E-state index >= 15 is 0 Å². The smallest absolute Gasteiger partial charge is 0.237 e. The molecule has 2 N–H and O–H groups in total. The van der Waals surface area contributed by atoms with Gasteiger partial charge in [-0.25, -0.2) is 4.98 Å². The number of amides is 1. The van der Waals surface area contributed by atoms with Crippen molar-refractivity contribution >= 4 is 17.2 Å². The van der Waals surface area contributed by atoms with Gasteiger partial charge in [-0.05, 0) is 33.6 Å². The Morgan fingerprint density at radius 2 is 2.29 bits per heavy atom. The van der Waals surface area contributed by atoms with Crippen LogP contribution in [0.4, 0.5) is 0 Å². The van der Waals surface area contributed by atoms with Crippen molar-refractivity contribution < 1.29 is 4.79 Å². The monoisotopic (exact) mass is 253 g/mol. The van der Waals surface area contributed by atoms with Crippen LogP contribution in [0.15, 0.2) is 0 Å². The van der Waals surface area contributed by atoms with E-state index in [1.165, 1.54) is 4.88 Å². The number of thiazole rings is 1. The SMILES string of the molecule is Cc1nc(C)c(C(C)NC2CCCNC2=O)s1. The highest BCUT2D eigenvalue weighted by Crippen LogP contribution is 2.25. The van der Waals surface area contributed by atoms with Crippen LogP contribution in [0.25, 0.3) is 0 Å². The molecule has 2 unspecified atom stereocenters. The Balaban J connectivity index is 2.03. The zero-order valence-electron chi connectivity index (χ0n) is 10.5. The third-order valence-electron chi connectivity index (χ3n) is 3.07. The molecule has 5 heteroatoms. The molecule has 0 bridgehead atoms. The van der Waals surface area contributed by atoms with E-state index in [1.807, 2.05) is 13.8 Å². The maximum Gasteiger partial charge on any atom is 0.237 e. The summed E-state index contributed by atoms with van der Waals surface area (Å²) in [5, 5.41) is 7.38.